The molecule has 0 unspecified atom stereocenters. The monoisotopic (exact) mass is 231 g/mol. The maximum atomic E-state index is 10.5. The average Bonchev–Trinajstić information content (AvgIpc) is 2.15. The van der Waals surface area contributed by atoms with E-state index in [0.29, 0.717) is 0 Å². The molecule has 0 fully saturated rings. The van der Waals surface area contributed by atoms with Crippen molar-refractivity contribution in [1.82, 2.24) is 0 Å². The molecule has 0 saturated heterocycles. The van der Waals surface area contributed by atoms with E-state index in [2.05, 4.69) is 9.78 Å². The lowest BCUT2D eigenvalue weighted by Crippen LogP contribution is -2.04. The zero-order valence-electron chi connectivity index (χ0n) is 7.60. The first-order valence-electron chi connectivity index (χ1n) is 3.79. The molecule has 15 heavy (non-hydrogen) atoms. The van der Waals surface area contributed by atoms with E-state index in [1.807, 2.05) is 0 Å². The van der Waals surface area contributed by atoms with Gasteiger partial charge in [0.15, 0.2) is 0 Å². The highest BCUT2D eigenvalue weighted by Crippen LogP contribution is 2.29. The minimum atomic E-state index is -0.709. The SMILES string of the molecule is CC(=O)OOc1ccc(Cl)cc1[N+](=O)[O-]. The van der Waals surface area contributed by atoms with E-state index in [4.69, 9.17) is 11.6 Å². The summed E-state index contributed by atoms with van der Waals surface area (Å²) in [6.45, 7) is 1.11. The molecule has 0 N–H and O–H groups in total. The van der Waals surface area contributed by atoms with Crippen LogP contribution in [0.25, 0.3) is 0 Å². The molecule has 0 aliphatic carbocycles. The van der Waals surface area contributed by atoms with E-state index in [1.54, 1.807) is 0 Å². The van der Waals surface area contributed by atoms with Crippen LogP contribution in [0.1, 0.15) is 6.92 Å². The summed E-state index contributed by atoms with van der Waals surface area (Å²) in [6, 6.07) is 3.72. The molecule has 1 aromatic carbocycles. The first-order valence-corrected chi connectivity index (χ1v) is 4.17. The second-order valence-corrected chi connectivity index (χ2v) is 2.96. The Bertz CT molecular complexity index is 406. The predicted molar refractivity (Wildman–Crippen MR) is 50.5 cm³/mol. The Kier molecular flexibility index (Phi) is 3.46. The van der Waals surface area contributed by atoms with Gasteiger partial charge in [0.2, 0.25) is 0 Å². The van der Waals surface area contributed by atoms with Crippen molar-refractivity contribution in [3.63, 3.8) is 0 Å². The van der Waals surface area contributed by atoms with Gasteiger partial charge < -0.3 is 0 Å². The van der Waals surface area contributed by atoms with Crippen LogP contribution >= 0.6 is 11.6 Å². The molecule has 0 saturated carbocycles. The number of nitrogens with zero attached hydrogens (tertiary/aromatic N) is 1. The van der Waals surface area contributed by atoms with Crippen LogP contribution in [0.15, 0.2) is 18.2 Å². The van der Waals surface area contributed by atoms with Gasteiger partial charge in [0, 0.05) is 18.0 Å². The molecule has 1 rings (SSSR count). The number of halogens is 1. The number of carbonyl (C=O) groups excluding carboxylic acids is 1. The van der Waals surface area contributed by atoms with Gasteiger partial charge in [0.1, 0.15) is 0 Å². The smallest absolute Gasteiger partial charge is 0.280 e. The van der Waals surface area contributed by atoms with Crippen LogP contribution in [-0.4, -0.2) is 10.9 Å². The predicted octanol–water partition coefficient (Wildman–Crippen LogP) is 2.11. The van der Waals surface area contributed by atoms with Crippen molar-refractivity contribution in [3.8, 4) is 5.75 Å². The third kappa shape index (κ3) is 3.10. The molecule has 0 radical (unpaired) electrons. The average molecular weight is 232 g/mol. The van der Waals surface area contributed by atoms with Crippen LogP contribution < -0.4 is 4.89 Å². The van der Waals surface area contributed by atoms with Crippen LogP contribution in [0.2, 0.25) is 5.02 Å². The Morgan fingerprint density at radius 2 is 2.20 bits per heavy atom. The van der Waals surface area contributed by atoms with Crippen LogP contribution in [0, 0.1) is 10.1 Å². The number of carbonyl (C=O) groups is 1. The zero-order valence-corrected chi connectivity index (χ0v) is 8.35. The highest BCUT2D eigenvalue weighted by atomic mass is 35.5. The largest absolute Gasteiger partial charge is 0.352 e. The van der Waals surface area contributed by atoms with Gasteiger partial charge in [0.05, 0.1) is 4.92 Å². The van der Waals surface area contributed by atoms with Crippen LogP contribution in [0.5, 0.6) is 5.75 Å². The Labute approximate surface area is 89.4 Å². The van der Waals surface area contributed by atoms with Gasteiger partial charge >= 0.3 is 11.7 Å². The zero-order chi connectivity index (χ0) is 11.4. The van der Waals surface area contributed by atoms with Crippen LogP contribution in [-0.2, 0) is 9.68 Å². The van der Waals surface area contributed by atoms with Gasteiger partial charge in [-0.1, -0.05) is 11.6 Å². The summed E-state index contributed by atoms with van der Waals surface area (Å²) in [5.74, 6) is -0.890. The van der Waals surface area contributed by atoms with Crippen LogP contribution in [0.3, 0.4) is 0 Å². The molecule has 0 heterocycles. The van der Waals surface area contributed by atoms with Crippen molar-refractivity contribution in [2.24, 2.45) is 0 Å². The summed E-state index contributed by atoms with van der Waals surface area (Å²) in [4.78, 5) is 28.9. The molecular formula is C8H6ClNO5. The maximum absolute atomic E-state index is 10.5. The van der Waals surface area contributed by atoms with Crippen molar-refractivity contribution in [2.75, 3.05) is 0 Å². The molecule has 80 valence electrons. The van der Waals surface area contributed by atoms with Gasteiger partial charge in [-0.2, -0.15) is 0 Å². The van der Waals surface area contributed by atoms with Crippen LogP contribution in [0.4, 0.5) is 5.69 Å². The standard InChI is InChI=1S/C8H6ClNO5/c1-5(11)14-15-8-3-2-6(9)4-7(8)10(12)13/h2-4H,1H3. The molecule has 0 aliphatic rings. The number of nitro groups is 1. The second kappa shape index (κ2) is 4.61. The number of benzene rings is 1. The Morgan fingerprint density at radius 1 is 1.53 bits per heavy atom. The lowest BCUT2D eigenvalue weighted by atomic mass is 10.3. The lowest BCUT2D eigenvalue weighted by Gasteiger charge is -2.02. The summed E-state index contributed by atoms with van der Waals surface area (Å²) in [6.07, 6.45) is 0. The highest BCUT2D eigenvalue weighted by molar-refractivity contribution is 6.30. The van der Waals surface area contributed by atoms with E-state index in [1.165, 1.54) is 12.1 Å². The Morgan fingerprint density at radius 3 is 2.73 bits per heavy atom. The molecule has 0 amide bonds. The van der Waals surface area contributed by atoms with Crippen molar-refractivity contribution < 1.29 is 19.5 Å². The molecule has 0 aliphatic heterocycles. The Hall–Kier alpha value is -1.82. The highest BCUT2D eigenvalue weighted by Gasteiger charge is 2.17. The van der Waals surface area contributed by atoms with E-state index in [0.717, 1.165) is 13.0 Å². The number of hydrogen-bond acceptors (Lipinski definition) is 5. The first-order chi connectivity index (χ1) is 7.00. The minimum absolute atomic E-state index is 0.181. The fourth-order valence-corrected chi connectivity index (χ4v) is 0.974. The molecule has 0 atom stereocenters. The molecule has 0 aromatic heterocycles. The van der Waals surface area contributed by atoms with Crippen molar-refractivity contribution in [1.29, 1.82) is 0 Å². The van der Waals surface area contributed by atoms with E-state index < -0.39 is 10.9 Å². The second-order valence-electron chi connectivity index (χ2n) is 2.53. The lowest BCUT2D eigenvalue weighted by molar-refractivity contribution is -0.387. The molecule has 0 bridgehead atoms. The number of hydrogen-bond donors (Lipinski definition) is 0. The summed E-state index contributed by atoms with van der Waals surface area (Å²) >= 11 is 5.56. The van der Waals surface area contributed by atoms with Gasteiger partial charge in [-0.3, -0.25) is 19.9 Å². The summed E-state index contributed by atoms with van der Waals surface area (Å²) < 4.78 is 0. The van der Waals surface area contributed by atoms with Crippen molar-refractivity contribution in [2.45, 2.75) is 6.92 Å². The Balaban J connectivity index is 2.95. The number of rotatable bonds is 3. The molecule has 6 nitrogen and oxygen atoms in total. The van der Waals surface area contributed by atoms with E-state index in [-0.39, 0.29) is 16.5 Å². The quantitative estimate of drug-likeness (QED) is 0.452. The van der Waals surface area contributed by atoms with Gasteiger partial charge in [-0.15, -0.1) is 0 Å². The van der Waals surface area contributed by atoms with E-state index in [9.17, 15) is 14.9 Å². The fourth-order valence-electron chi connectivity index (χ4n) is 0.807. The summed E-state index contributed by atoms with van der Waals surface area (Å²) in [5.41, 5.74) is -0.372. The normalized spacial score (nSPS) is 9.47. The van der Waals surface area contributed by atoms with Crippen molar-refractivity contribution >= 4 is 23.3 Å². The third-order valence-corrected chi connectivity index (χ3v) is 1.60. The fraction of sp³-hybridized carbons (Fsp3) is 0.125. The topological polar surface area (TPSA) is 78.7 Å². The maximum Gasteiger partial charge on any atom is 0.352 e. The van der Waals surface area contributed by atoms with Gasteiger partial charge in [-0.05, 0) is 12.1 Å². The van der Waals surface area contributed by atoms with E-state index >= 15 is 0 Å². The summed E-state index contributed by atoms with van der Waals surface area (Å²) in [5, 5.41) is 10.7. The van der Waals surface area contributed by atoms with Gasteiger partial charge in [0.25, 0.3) is 5.75 Å². The first kappa shape index (κ1) is 11.3. The van der Waals surface area contributed by atoms with Crippen molar-refractivity contribution in [3.05, 3.63) is 33.3 Å². The number of nitro benzene ring substituents is 1. The molecule has 1 aromatic rings. The molecule has 0 spiro atoms. The third-order valence-electron chi connectivity index (χ3n) is 1.37. The van der Waals surface area contributed by atoms with Gasteiger partial charge in [-0.25, -0.2) is 4.79 Å². The summed E-state index contributed by atoms with van der Waals surface area (Å²) in [7, 11) is 0. The molecule has 7 heteroatoms. The molecular weight excluding hydrogens is 226 g/mol. The minimum Gasteiger partial charge on any atom is -0.280 e.